The lowest BCUT2D eigenvalue weighted by atomic mass is 9.96. The number of halogens is 3. The standard InChI is InChI=1S/C21H24F3NO2S2/c22-21(23,24)18(10-12-28-13-11-19(25)20(26)27)16-6-8-17(9-7-16)29-14-15-4-2-1-3-5-15/h1-9,18-19H,10-14,25H2,(H,26,27). The number of carboxylic acid groups (broad SMARTS) is 1. The highest BCUT2D eigenvalue weighted by molar-refractivity contribution is 7.99. The maximum atomic E-state index is 13.5. The first-order valence-electron chi connectivity index (χ1n) is 9.17. The van der Waals surface area contributed by atoms with Crippen LogP contribution in [0.2, 0.25) is 0 Å². The molecule has 158 valence electrons. The molecule has 0 aliphatic heterocycles. The molecule has 0 fully saturated rings. The fourth-order valence-electron chi connectivity index (χ4n) is 2.69. The molecule has 0 radical (unpaired) electrons. The van der Waals surface area contributed by atoms with E-state index < -0.39 is 24.1 Å². The average molecular weight is 444 g/mol. The van der Waals surface area contributed by atoms with Crippen LogP contribution in [-0.4, -0.2) is 34.8 Å². The van der Waals surface area contributed by atoms with Crippen molar-refractivity contribution in [2.45, 2.75) is 41.6 Å². The number of thioether (sulfide) groups is 2. The Bertz CT molecular complexity index is 755. The summed E-state index contributed by atoms with van der Waals surface area (Å²) in [6.45, 7) is 0. The third-order valence-corrected chi connectivity index (χ3v) is 6.50. The van der Waals surface area contributed by atoms with Gasteiger partial charge < -0.3 is 10.8 Å². The normalized spacial score (nSPS) is 13.8. The molecule has 0 spiro atoms. The molecule has 3 nitrogen and oxygen atoms in total. The Labute approximate surface area is 177 Å². The quantitative estimate of drug-likeness (QED) is 0.352. The second kappa shape index (κ2) is 11.5. The highest BCUT2D eigenvalue weighted by Crippen LogP contribution is 2.39. The number of carboxylic acids is 1. The van der Waals surface area contributed by atoms with E-state index in [1.54, 1.807) is 36.0 Å². The van der Waals surface area contributed by atoms with Gasteiger partial charge in [-0.15, -0.1) is 11.8 Å². The lowest BCUT2D eigenvalue weighted by Crippen LogP contribution is -2.30. The van der Waals surface area contributed by atoms with E-state index in [1.807, 2.05) is 30.3 Å². The highest BCUT2D eigenvalue weighted by Gasteiger charge is 2.40. The third-order valence-electron chi connectivity index (χ3n) is 4.37. The summed E-state index contributed by atoms with van der Waals surface area (Å²) < 4.78 is 40.5. The Balaban J connectivity index is 1.88. The summed E-state index contributed by atoms with van der Waals surface area (Å²) in [6.07, 6.45) is -4.13. The zero-order valence-corrected chi connectivity index (χ0v) is 17.4. The first-order chi connectivity index (χ1) is 13.8. The van der Waals surface area contributed by atoms with E-state index in [-0.39, 0.29) is 18.4 Å². The van der Waals surface area contributed by atoms with Gasteiger partial charge in [-0.05, 0) is 47.6 Å². The number of benzene rings is 2. The van der Waals surface area contributed by atoms with E-state index in [0.717, 1.165) is 16.2 Å². The van der Waals surface area contributed by atoms with Crippen molar-refractivity contribution in [3.63, 3.8) is 0 Å². The fraction of sp³-hybridized carbons (Fsp3) is 0.381. The zero-order valence-electron chi connectivity index (χ0n) is 15.8. The van der Waals surface area contributed by atoms with Gasteiger partial charge >= 0.3 is 12.1 Å². The largest absolute Gasteiger partial charge is 0.480 e. The van der Waals surface area contributed by atoms with Crippen molar-refractivity contribution >= 4 is 29.5 Å². The van der Waals surface area contributed by atoms with Crippen LogP contribution < -0.4 is 5.73 Å². The van der Waals surface area contributed by atoms with Crippen molar-refractivity contribution in [2.75, 3.05) is 11.5 Å². The fourth-order valence-corrected chi connectivity index (χ4v) is 4.58. The number of aliphatic carboxylic acids is 1. The summed E-state index contributed by atoms with van der Waals surface area (Å²) in [5, 5.41) is 8.72. The van der Waals surface area contributed by atoms with Crippen molar-refractivity contribution in [1.82, 2.24) is 0 Å². The Morgan fingerprint density at radius 1 is 1.00 bits per heavy atom. The van der Waals surface area contributed by atoms with Crippen LogP contribution in [0.15, 0.2) is 59.5 Å². The number of rotatable bonds is 11. The van der Waals surface area contributed by atoms with E-state index in [1.165, 1.54) is 11.8 Å². The lowest BCUT2D eigenvalue weighted by Gasteiger charge is -2.21. The van der Waals surface area contributed by atoms with E-state index in [0.29, 0.717) is 11.5 Å². The lowest BCUT2D eigenvalue weighted by molar-refractivity contribution is -0.150. The molecule has 0 aromatic heterocycles. The average Bonchev–Trinajstić information content (AvgIpc) is 2.69. The molecule has 29 heavy (non-hydrogen) atoms. The van der Waals surface area contributed by atoms with Gasteiger partial charge in [-0.1, -0.05) is 42.5 Å². The highest BCUT2D eigenvalue weighted by atomic mass is 32.2. The van der Waals surface area contributed by atoms with Crippen LogP contribution in [0, 0.1) is 0 Å². The van der Waals surface area contributed by atoms with E-state index in [2.05, 4.69) is 0 Å². The predicted octanol–water partition coefficient (Wildman–Crippen LogP) is 5.55. The van der Waals surface area contributed by atoms with Crippen LogP contribution >= 0.6 is 23.5 Å². The molecule has 2 rings (SSSR count). The predicted molar refractivity (Wildman–Crippen MR) is 113 cm³/mol. The van der Waals surface area contributed by atoms with Gasteiger partial charge in [0.15, 0.2) is 0 Å². The molecule has 2 aromatic rings. The number of hydrogen-bond donors (Lipinski definition) is 2. The maximum Gasteiger partial charge on any atom is 0.395 e. The number of nitrogens with two attached hydrogens (primary N) is 1. The Hall–Kier alpha value is -1.64. The molecule has 0 heterocycles. The summed E-state index contributed by atoms with van der Waals surface area (Å²) in [7, 11) is 0. The summed E-state index contributed by atoms with van der Waals surface area (Å²) in [6, 6.07) is 15.5. The van der Waals surface area contributed by atoms with E-state index >= 15 is 0 Å². The molecule has 0 amide bonds. The number of hydrogen-bond acceptors (Lipinski definition) is 4. The van der Waals surface area contributed by atoms with Crippen LogP contribution in [0.5, 0.6) is 0 Å². The van der Waals surface area contributed by atoms with Gasteiger partial charge in [-0.2, -0.15) is 24.9 Å². The van der Waals surface area contributed by atoms with Gasteiger partial charge in [0, 0.05) is 10.6 Å². The molecule has 2 unspecified atom stereocenters. The van der Waals surface area contributed by atoms with Crippen LogP contribution in [0.4, 0.5) is 13.2 Å². The van der Waals surface area contributed by atoms with E-state index in [9.17, 15) is 18.0 Å². The Morgan fingerprint density at radius 3 is 2.21 bits per heavy atom. The Morgan fingerprint density at radius 2 is 1.62 bits per heavy atom. The van der Waals surface area contributed by atoms with Gasteiger partial charge in [0.25, 0.3) is 0 Å². The van der Waals surface area contributed by atoms with Gasteiger partial charge in [-0.25, -0.2) is 0 Å². The number of alkyl halides is 3. The molecule has 3 N–H and O–H groups in total. The summed E-state index contributed by atoms with van der Waals surface area (Å²) in [5.41, 5.74) is 6.82. The summed E-state index contributed by atoms with van der Waals surface area (Å²) in [5.74, 6) is -1.15. The smallest absolute Gasteiger partial charge is 0.395 e. The van der Waals surface area contributed by atoms with Crippen LogP contribution in [0.3, 0.4) is 0 Å². The van der Waals surface area contributed by atoms with Crippen LogP contribution in [-0.2, 0) is 10.5 Å². The van der Waals surface area contributed by atoms with Gasteiger partial charge in [-0.3, -0.25) is 4.79 Å². The van der Waals surface area contributed by atoms with Crippen molar-refractivity contribution in [3.8, 4) is 0 Å². The number of carbonyl (C=O) groups is 1. The van der Waals surface area contributed by atoms with Gasteiger partial charge in [0.05, 0.1) is 5.92 Å². The summed E-state index contributed by atoms with van der Waals surface area (Å²) >= 11 is 2.89. The van der Waals surface area contributed by atoms with Crippen molar-refractivity contribution in [1.29, 1.82) is 0 Å². The minimum atomic E-state index is -4.32. The third kappa shape index (κ3) is 8.32. The molecule has 0 saturated heterocycles. The molecule has 2 aromatic carbocycles. The van der Waals surface area contributed by atoms with Gasteiger partial charge in [0.2, 0.25) is 0 Å². The Kier molecular flexibility index (Phi) is 9.39. The molecule has 2 atom stereocenters. The molecule has 0 aliphatic carbocycles. The SMILES string of the molecule is NC(CCSCCC(c1ccc(SCc2ccccc2)cc1)C(F)(F)F)C(=O)O. The topological polar surface area (TPSA) is 63.3 Å². The van der Waals surface area contributed by atoms with Crippen LogP contribution in [0.25, 0.3) is 0 Å². The molecule has 0 saturated carbocycles. The second-order valence-corrected chi connectivity index (χ2v) is 8.85. The van der Waals surface area contributed by atoms with Gasteiger partial charge in [0.1, 0.15) is 6.04 Å². The second-order valence-electron chi connectivity index (χ2n) is 6.57. The van der Waals surface area contributed by atoms with Crippen molar-refractivity contribution in [3.05, 3.63) is 65.7 Å². The van der Waals surface area contributed by atoms with Crippen LogP contribution in [0.1, 0.15) is 29.9 Å². The summed E-state index contributed by atoms with van der Waals surface area (Å²) in [4.78, 5) is 11.6. The zero-order chi connectivity index (χ0) is 21.3. The maximum absolute atomic E-state index is 13.5. The minimum absolute atomic E-state index is 0.0486. The molecule has 8 heteroatoms. The molecular weight excluding hydrogens is 419 g/mol. The molecule has 0 bridgehead atoms. The monoisotopic (exact) mass is 443 g/mol. The van der Waals surface area contributed by atoms with Crippen molar-refractivity contribution in [2.24, 2.45) is 5.73 Å². The molecular formula is C21H24F3NO2S2. The molecule has 0 aliphatic rings. The van der Waals surface area contributed by atoms with E-state index in [4.69, 9.17) is 10.8 Å². The minimum Gasteiger partial charge on any atom is -0.480 e. The van der Waals surface area contributed by atoms with Crippen molar-refractivity contribution < 1.29 is 23.1 Å². The first kappa shape index (κ1) is 23.6. The first-order valence-corrected chi connectivity index (χ1v) is 11.3.